The Kier molecular flexibility index (Phi) is 4.49. The maximum Gasteiger partial charge on any atom is 0.342 e. The third kappa shape index (κ3) is 3.54. The number of nitrogens with zero attached hydrogens (tertiary/aromatic N) is 1. The lowest BCUT2D eigenvalue weighted by atomic mass is 10.1. The summed E-state index contributed by atoms with van der Waals surface area (Å²) in [6.07, 6.45) is 0.538. The number of hydrogen-bond donors (Lipinski definition) is 1. The molecule has 1 aromatic carbocycles. The van der Waals surface area contributed by atoms with Gasteiger partial charge in [0.25, 0.3) is 5.69 Å². The Hall–Kier alpha value is -2.48. The molecule has 0 unspecified atom stereocenters. The van der Waals surface area contributed by atoms with Crippen molar-refractivity contribution in [3.8, 4) is 5.75 Å². The average molecular weight is 311 g/mol. The Bertz CT molecular complexity index is 671. The third-order valence-corrected chi connectivity index (χ3v) is 3.60. The van der Waals surface area contributed by atoms with Crippen LogP contribution in [0.2, 0.25) is 0 Å². The third-order valence-electron chi connectivity index (χ3n) is 2.66. The highest BCUT2D eigenvalue weighted by atomic mass is 32.1. The fourth-order valence-electron chi connectivity index (χ4n) is 1.69. The quantitative estimate of drug-likeness (QED) is 0.654. The molecule has 0 atom stereocenters. The van der Waals surface area contributed by atoms with E-state index in [-0.39, 0.29) is 12.4 Å². The number of carboxylic acid groups (broad SMARTS) is 1. The minimum atomic E-state index is -1.51. The predicted octanol–water partition coefficient (Wildman–Crippen LogP) is 3.12. The van der Waals surface area contributed by atoms with Crippen LogP contribution in [0.25, 0.3) is 0 Å². The minimum absolute atomic E-state index is 0.147. The highest BCUT2D eigenvalue weighted by Gasteiger charge is 2.23. The Balaban J connectivity index is 2.17. The van der Waals surface area contributed by atoms with Gasteiger partial charge in [0.05, 0.1) is 17.6 Å². The monoisotopic (exact) mass is 311 g/mol. The molecule has 0 radical (unpaired) electrons. The maximum atomic E-state index is 13.7. The fourth-order valence-corrected chi connectivity index (χ4v) is 2.38. The molecule has 0 bridgehead atoms. The topological polar surface area (TPSA) is 89.7 Å². The molecule has 0 amide bonds. The maximum absolute atomic E-state index is 13.7. The Morgan fingerprint density at radius 1 is 1.48 bits per heavy atom. The van der Waals surface area contributed by atoms with Crippen molar-refractivity contribution in [2.45, 2.75) is 6.42 Å². The molecule has 0 aliphatic carbocycles. The SMILES string of the molecule is O=C(O)c1cc(OCCc2cccs2)c(F)cc1[N+](=O)[O-]. The van der Waals surface area contributed by atoms with Gasteiger partial charge in [0.1, 0.15) is 5.56 Å². The first kappa shape index (κ1) is 14.9. The summed E-state index contributed by atoms with van der Waals surface area (Å²) in [5, 5.41) is 21.5. The van der Waals surface area contributed by atoms with Gasteiger partial charge < -0.3 is 9.84 Å². The number of benzene rings is 1. The molecule has 1 aromatic heterocycles. The summed E-state index contributed by atoms with van der Waals surface area (Å²) in [5.74, 6) is -2.78. The van der Waals surface area contributed by atoms with E-state index in [1.54, 1.807) is 0 Å². The number of rotatable bonds is 6. The Labute approximate surface area is 122 Å². The molecule has 6 nitrogen and oxygen atoms in total. The Morgan fingerprint density at radius 2 is 2.24 bits per heavy atom. The van der Waals surface area contributed by atoms with Gasteiger partial charge >= 0.3 is 5.97 Å². The summed E-state index contributed by atoms with van der Waals surface area (Å²) in [6, 6.07) is 5.16. The first-order chi connectivity index (χ1) is 9.99. The lowest BCUT2D eigenvalue weighted by Crippen LogP contribution is -2.07. The van der Waals surface area contributed by atoms with Gasteiger partial charge in [0.2, 0.25) is 0 Å². The van der Waals surface area contributed by atoms with Crippen molar-refractivity contribution in [1.29, 1.82) is 0 Å². The number of halogens is 1. The van der Waals surface area contributed by atoms with E-state index in [0.717, 1.165) is 10.9 Å². The molecule has 0 fully saturated rings. The lowest BCUT2D eigenvalue weighted by Gasteiger charge is -2.08. The zero-order valence-corrected chi connectivity index (χ0v) is 11.4. The van der Waals surface area contributed by atoms with Crippen LogP contribution in [0.1, 0.15) is 15.2 Å². The van der Waals surface area contributed by atoms with Gasteiger partial charge in [-0.2, -0.15) is 0 Å². The molecule has 1 heterocycles. The zero-order chi connectivity index (χ0) is 15.4. The summed E-state index contributed by atoms with van der Waals surface area (Å²) >= 11 is 1.52. The highest BCUT2D eigenvalue weighted by Crippen LogP contribution is 2.28. The Morgan fingerprint density at radius 3 is 2.81 bits per heavy atom. The van der Waals surface area contributed by atoms with Crippen LogP contribution >= 0.6 is 11.3 Å². The number of thiophene rings is 1. The second kappa shape index (κ2) is 6.31. The molecule has 0 saturated carbocycles. The van der Waals surface area contributed by atoms with Crippen molar-refractivity contribution in [1.82, 2.24) is 0 Å². The van der Waals surface area contributed by atoms with Gasteiger partial charge in [-0.05, 0) is 11.4 Å². The molecule has 2 aromatic rings. The summed E-state index contributed by atoms with van der Waals surface area (Å²) in [5.41, 5.74) is -1.40. The molecule has 0 spiro atoms. The van der Waals surface area contributed by atoms with Gasteiger partial charge in [-0.25, -0.2) is 9.18 Å². The van der Waals surface area contributed by atoms with E-state index in [9.17, 15) is 19.3 Å². The van der Waals surface area contributed by atoms with Crippen LogP contribution in [-0.4, -0.2) is 22.6 Å². The molecule has 21 heavy (non-hydrogen) atoms. The summed E-state index contributed by atoms with van der Waals surface area (Å²) in [7, 11) is 0. The van der Waals surface area contributed by atoms with Gasteiger partial charge in [-0.15, -0.1) is 11.3 Å². The van der Waals surface area contributed by atoms with Crippen molar-refractivity contribution in [2.75, 3.05) is 6.61 Å². The number of aromatic carboxylic acids is 1. The molecule has 2 rings (SSSR count). The molecule has 0 aliphatic heterocycles. The number of ether oxygens (including phenoxy) is 1. The van der Waals surface area contributed by atoms with E-state index >= 15 is 0 Å². The summed E-state index contributed by atoms with van der Waals surface area (Å²) in [4.78, 5) is 21.8. The number of hydrogen-bond acceptors (Lipinski definition) is 5. The largest absolute Gasteiger partial charge is 0.490 e. The van der Waals surface area contributed by atoms with Crippen LogP contribution in [-0.2, 0) is 6.42 Å². The van der Waals surface area contributed by atoms with Gasteiger partial charge in [0, 0.05) is 17.4 Å². The number of carbonyl (C=O) groups is 1. The fraction of sp³-hybridized carbons (Fsp3) is 0.154. The van der Waals surface area contributed by atoms with Gasteiger partial charge in [-0.3, -0.25) is 10.1 Å². The summed E-state index contributed by atoms with van der Waals surface area (Å²) in [6.45, 7) is 0.147. The summed E-state index contributed by atoms with van der Waals surface area (Å²) < 4.78 is 18.9. The number of carboxylic acids is 1. The molecular weight excluding hydrogens is 301 g/mol. The van der Waals surface area contributed by atoms with Gasteiger partial charge in [-0.1, -0.05) is 6.07 Å². The molecule has 1 N–H and O–H groups in total. The van der Waals surface area contributed by atoms with E-state index in [1.807, 2.05) is 17.5 Å². The van der Waals surface area contributed by atoms with Crippen LogP contribution in [0.3, 0.4) is 0 Å². The van der Waals surface area contributed by atoms with E-state index in [2.05, 4.69) is 0 Å². The zero-order valence-electron chi connectivity index (χ0n) is 10.6. The molecule has 0 aliphatic rings. The number of nitro benzene ring substituents is 1. The molecule has 0 saturated heterocycles. The van der Waals surface area contributed by atoms with Crippen LogP contribution in [0.5, 0.6) is 5.75 Å². The first-order valence-corrected chi connectivity index (χ1v) is 6.73. The van der Waals surface area contributed by atoms with Crippen molar-refractivity contribution in [2.24, 2.45) is 0 Å². The molecule has 8 heteroatoms. The van der Waals surface area contributed by atoms with Crippen molar-refractivity contribution < 1.29 is 24.0 Å². The van der Waals surface area contributed by atoms with E-state index in [0.29, 0.717) is 12.5 Å². The van der Waals surface area contributed by atoms with Crippen LogP contribution < -0.4 is 4.74 Å². The lowest BCUT2D eigenvalue weighted by molar-refractivity contribution is -0.385. The highest BCUT2D eigenvalue weighted by molar-refractivity contribution is 7.09. The van der Waals surface area contributed by atoms with Crippen LogP contribution in [0.4, 0.5) is 10.1 Å². The minimum Gasteiger partial charge on any atom is -0.490 e. The second-order valence-corrected chi connectivity index (χ2v) is 5.07. The second-order valence-electron chi connectivity index (χ2n) is 4.04. The van der Waals surface area contributed by atoms with Gasteiger partial charge in [0.15, 0.2) is 11.6 Å². The van der Waals surface area contributed by atoms with Crippen LogP contribution in [0, 0.1) is 15.9 Å². The van der Waals surface area contributed by atoms with E-state index in [4.69, 9.17) is 9.84 Å². The normalized spacial score (nSPS) is 10.3. The van der Waals surface area contributed by atoms with E-state index < -0.39 is 28.0 Å². The predicted molar refractivity (Wildman–Crippen MR) is 73.5 cm³/mol. The van der Waals surface area contributed by atoms with E-state index in [1.165, 1.54) is 11.3 Å². The van der Waals surface area contributed by atoms with Crippen LogP contribution in [0.15, 0.2) is 29.6 Å². The van der Waals surface area contributed by atoms with Crippen molar-refractivity contribution in [3.63, 3.8) is 0 Å². The number of nitro groups is 1. The standard InChI is InChI=1S/C13H10FNO5S/c14-10-7-11(15(18)19)9(13(16)17)6-12(10)20-4-3-8-2-1-5-21-8/h1-2,5-7H,3-4H2,(H,16,17). The van der Waals surface area contributed by atoms with Crippen molar-refractivity contribution >= 4 is 23.0 Å². The smallest absolute Gasteiger partial charge is 0.342 e. The molecule has 110 valence electrons. The average Bonchev–Trinajstić information content (AvgIpc) is 2.92. The van der Waals surface area contributed by atoms with Crippen molar-refractivity contribution in [3.05, 3.63) is 56.0 Å². The first-order valence-electron chi connectivity index (χ1n) is 5.85. The molecular formula is C13H10FNO5S.